The molecule has 1 fully saturated rings. The van der Waals surface area contributed by atoms with Gasteiger partial charge < -0.3 is 4.57 Å². The van der Waals surface area contributed by atoms with Crippen molar-refractivity contribution in [3.63, 3.8) is 0 Å². The third kappa shape index (κ3) is 3.12. The first-order chi connectivity index (χ1) is 10.00. The van der Waals surface area contributed by atoms with Crippen molar-refractivity contribution in [2.24, 2.45) is 0 Å². The van der Waals surface area contributed by atoms with Crippen molar-refractivity contribution in [3.8, 4) is 0 Å². The van der Waals surface area contributed by atoms with Gasteiger partial charge in [-0.2, -0.15) is 0 Å². The third-order valence-electron chi connectivity index (χ3n) is 3.93. The van der Waals surface area contributed by atoms with Crippen LogP contribution in [0, 0.1) is 0 Å². The first-order valence-corrected chi connectivity index (χ1v) is 10.1. The molecule has 0 bridgehead atoms. The number of aromatic nitrogens is 2. The van der Waals surface area contributed by atoms with Crippen LogP contribution in [0.3, 0.4) is 0 Å². The van der Waals surface area contributed by atoms with Gasteiger partial charge in [-0.15, -0.1) is 11.6 Å². The largest absolute Gasteiger partial charge is 0.325 e. The molecule has 21 heavy (non-hydrogen) atoms. The number of aryl methyl sites for hydroxylation is 1. The molecule has 0 atom stereocenters. The minimum absolute atomic E-state index is 0.186. The molecule has 0 radical (unpaired) electrons. The van der Waals surface area contributed by atoms with Gasteiger partial charge in [0.1, 0.15) is 15.7 Å². The summed E-state index contributed by atoms with van der Waals surface area (Å²) in [6.07, 6.45) is 1.99. The van der Waals surface area contributed by atoms with E-state index in [9.17, 15) is 8.42 Å². The maximum atomic E-state index is 11.6. The summed E-state index contributed by atoms with van der Waals surface area (Å²) in [5.74, 6) is 1.97. The number of nitrogens with zero attached hydrogens (tertiary/aromatic N) is 2. The zero-order valence-electron chi connectivity index (χ0n) is 11.4. The summed E-state index contributed by atoms with van der Waals surface area (Å²) in [4.78, 5) is 4.66. The lowest BCUT2D eigenvalue weighted by molar-refractivity contribution is 0.447. The van der Waals surface area contributed by atoms with Crippen LogP contribution >= 0.6 is 27.5 Å². The van der Waals surface area contributed by atoms with Crippen LogP contribution in [0.2, 0.25) is 0 Å². The summed E-state index contributed by atoms with van der Waals surface area (Å²) in [6.45, 7) is 0. The van der Waals surface area contributed by atoms with Gasteiger partial charge in [0.15, 0.2) is 0 Å². The van der Waals surface area contributed by atoms with E-state index >= 15 is 0 Å². The van der Waals surface area contributed by atoms with Crippen LogP contribution in [-0.2, 0) is 16.3 Å². The lowest BCUT2D eigenvalue weighted by atomic mass is 10.1. The van der Waals surface area contributed by atoms with E-state index in [2.05, 4.69) is 25.5 Å². The molecule has 1 aromatic heterocycles. The molecule has 3 rings (SSSR count). The van der Waals surface area contributed by atoms with E-state index in [1.807, 2.05) is 18.2 Å². The first-order valence-electron chi connectivity index (χ1n) is 6.93. The van der Waals surface area contributed by atoms with E-state index in [-0.39, 0.29) is 17.5 Å². The number of hydrogen-bond donors (Lipinski definition) is 0. The molecule has 1 aliphatic heterocycles. The Bertz CT molecular complexity index is 759. The molecule has 0 unspecified atom stereocenters. The van der Waals surface area contributed by atoms with Crippen LogP contribution in [0.5, 0.6) is 0 Å². The Morgan fingerprint density at radius 3 is 2.71 bits per heavy atom. The molecule has 0 spiro atoms. The van der Waals surface area contributed by atoms with Gasteiger partial charge in [-0.3, -0.25) is 0 Å². The van der Waals surface area contributed by atoms with E-state index < -0.39 is 9.84 Å². The quantitative estimate of drug-likeness (QED) is 0.754. The van der Waals surface area contributed by atoms with Crippen LogP contribution in [0.15, 0.2) is 22.7 Å². The number of alkyl halides is 1. The van der Waals surface area contributed by atoms with Gasteiger partial charge in [-0.25, -0.2) is 13.4 Å². The lowest BCUT2D eigenvalue weighted by Crippen LogP contribution is -2.26. The summed E-state index contributed by atoms with van der Waals surface area (Å²) < 4.78 is 26.5. The van der Waals surface area contributed by atoms with Gasteiger partial charge in [0.25, 0.3) is 0 Å². The van der Waals surface area contributed by atoms with Crippen LogP contribution in [-0.4, -0.2) is 35.4 Å². The smallest absolute Gasteiger partial charge is 0.150 e. The molecule has 0 saturated carbocycles. The van der Waals surface area contributed by atoms with Crippen molar-refractivity contribution in [3.05, 3.63) is 28.5 Å². The monoisotopic (exact) mass is 390 g/mol. The van der Waals surface area contributed by atoms with Crippen molar-refractivity contribution in [2.45, 2.75) is 25.3 Å². The second kappa shape index (κ2) is 5.89. The number of hydrogen-bond acceptors (Lipinski definition) is 3. The van der Waals surface area contributed by atoms with Crippen molar-refractivity contribution in [2.75, 3.05) is 17.4 Å². The minimum Gasteiger partial charge on any atom is -0.325 e. The van der Waals surface area contributed by atoms with Crippen molar-refractivity contribution >= 4 is 48.4 Å². The van der Waals surface area contributed by atoms with Gasteiger partial charge in [-0.1, -0.05) is 15.9 Å². The van der Waals surface area contributed by atoms with Crippen molar-refractivity contribution < 1.29 is 8.42 Å². The van der Waals surface area contributed by atoms with E-state index in [1.165, 1.54) is 0 Å². The zero-order chi connectivity index (χ0) is 15.0. The molecule has 7 heteroatoms. The molecule has 2 heterocycles. The van der Waals surface area contributed by atoms with Crippen molar-refractivity contribution in [1.29, 1.82) is 0 Å². The SMILES string of the molecule is O=S1(=O)CCC(n2c(CCCl)nc3ccc(Br)cc32)CC1. The van der Waals surface area contributed by atoms with Crippen LogP contribution < -0.4 is 0 Å². The van der Waals surface area contributed by atoms with Crippen molar-refractivity contribution in [1.82, 2.24) is 9.55 Å². The third-order valence-corrected chi connectivity index (χ3v) is 6.33. The van der Waals surface area contributed by atoms with Gasteiger partial charge in [0.05, 0.1) is 22.5 Å². The Morgan fingerprint density at radius 2 is 2.05 bits per heavy atom. The molecule has 0 amide bonds. The topological polar surface area (TPSA) is 52.0 Å². The highest BCUT2D eigenvalue weighted by Crippen LogP contribution is 2.31. The average molecular weight is 392 g/mol. The van der Waals surface area contributed by atoms with E-state index in [0.29, 0.717) is 25.1 Å². The van der Waals surface area contributed by atoms with Crippen LogP contribution in [0.25, 0.3) is 11.0 Å². The average Bonchev–Trinajstić information content (AvgIpc) is 2.77. The first kappa shape index (κ1) is 15.3. The minimum atomic E-state index is -2.86. The van der Waals surface area contributed by atoms with Crippen LogP contribution in [0.1, 0.15) is 24.7 Å². The van der Waals surface area contributed by atoms with Gasteiger partial charge in [-0.05, 0) is 31.0 Å². The molecular weight excluding hydrogens is 376 g/mol. The normalized spacial score (nSPS) is 19.1. The van der Waals surface area contributed by atoms with E-state index in [4.69, 9.17) is 11.6 Å². The molecule has 1 aliphatic rings. The fourth-order valence-electron chi connectivity index (χ4n) is 2.92. The predicted molar refractivity (Wildman–Crippen MR) is 88.8 cm³/mol. The molecule has 0 aliphatic carbocycles. The molecule has 4 nitrogen and oxygen atoms in total. The lowest BCUT2D eigenvalue weighted by Gasteiger charge is -2.25. The number of fused-ring (bicyclic) bond motifs is 1. The van der Waals surface area contributed by atoms with Crippen LogP contribution in [0.4, 0.5) is 0 Å². The molecule has 1 aromatic carbocycles. The summed E-state index contributed by atoms with van der Waals surface area (Å²) in [7, 11) is -2.86. The maximum absolute atomic E-state index is 11.6. The molecular formula is C14H16BrClN2O2S. The van der Waals surface area contributed by atoms with Gasteiger partial charge >= 0.3 is 0 Å². The van der Waals surface area contributed by atoms with Gasteiger partial charge in [0, 0.05) is 22.8 Å². The fraction of sp³-hybridized carbons (Fsp3) is 0.500. The van der Waals surface area contributed by atoms with E-state index in [0.717, 1.165) is 21.3 Å². The second-order valence-electron chi connectivity index (χ2n) is 5.35. The molecule has 114 valence electrons. The predicted octanol–water partition coefficient (Wildman–Crippen LogP) is 3.33. The number of rotatable bonds is 3. The Kier molecular flexibility index (Phi) is 4.30. The molecule has 2 aromatic rings. The fourth-order valence-corrected chi connectivity index (χ4v) is 4.90. The second-order valence-corrected chi connectivity index (χ2v) is 8.95. The highest BCUT2D eigenvalue weighted by molar-refractivity contribution is 9.10. The summed E-state index contributed by atoms with van der Waals surface area (Å²) in [6, 6.07) is 6.18. The summed E-state index contributed by atoms with van der Waals surface area (Å²) in [5, 5.41) is 0. The Labute approximate surface area is 137 Å². The molecule has 1 saturated heterocycles. The Balaban J connectivity index is 2.06. The number of halogens is 2. The number of sulfone groups is 1. The Morgan fingerprint density at radius 1 is 1.33 bits per heavy atom. The number of benzene rings is 1. The Hall–Kier alpha value is -0.590. The van der Waals surface area contributed by atoms with Gasteiger partial charge in [0.2, 0.25) is 0 Å². The van der Waals surface area contributed by atoms with E-state index in [1.54, 1.807) is 0 Å². The molecule has 0 N–H and O–H groups in total. The summed E-state index contributed by atoms with van der Waals surface area (Å²) >= 11 is 9.39. The standard InChI is InChI=1S/C14H16BrClN2O2S/c15-10-1-2-12-13(9-10)18(14(17-12)3-6-16)11-4-7-21(19,20)8-5-11/h1-2,9,11H,3-8H2. The number of imidazole rings is 1. The zero-order valence-corrected chi connectivity index (χ0v) is 14.6. The highest BCUT2D eigenvalue weighted by Gasteiger charge is 2.27. The summed E-state index contributed by atoms with van der Waals surface area (Å²) in [5.41, 5.74) is 1.99. The highest BCUT2D eigenvalue weighted by atomic mass is 79.9. The maximum Gasteiger partial charge on any atom is 0.150 e.